The largest absolute Gasteiger partial charge is 0.472 e. The summed E-state index contributed by atoms with van der Waals surface area (Å²) in [5.41, 5.74) is 0. The Kier molecular flexibility index (Phi) is 78.6. The van der Waals surface area contributed by atoms with Crippen LogP contribution in [0.2, 0.25) is 0 Å². The number of aliphatic hydroxyl groups excluding tert-OH is 1. The molecule has 0 aliphatic heterocycles. The molecule has 0 fully saturated rings. The number of phosphoric ester groups is 2. The molecule has 0 aliphatic carbocycles. The van der Waals surface area contributed by atoms with Gasteiger partial charge in [-0.1, -0.05) is 419 Å². The van der Waals surface area contributed by atoms with Crippen molar-refractivity contribution < 1.29 is 80.2 Å². The van der Waals surface area contributed by atoms with Crippen molar-refractivity contribution in [3.8, 4) is 0 Å². The first-order valence-electron chi connectivity index (χ1n) is 44.8. The van der Waals surface area contributed by atoms with Gasteiger partial charge in [0.2, 0.25) is 0 Å². The van der Waals surface area contributed by atoms with E-state index in [2.05, 4.69) is 27.7 Å². The molecule has 2 unspecified atom stereocenters. The fraction of sp³-hybridized carbons (Fsp3) is 0.953. The van der Waals surface area contributed by atoms with Gasteiger partial charge < -0.3 is 33.8 Å². The first kappa shape index (κ1) is 103. The zero-order chi connectivity index (χ0) is 76.7. The van der Waals surface area contributed by atoms with Crippen molar-refractivity contribution >= 4 is 39.5 Å². The van der Waals surface area contributed by atoms with Gasteiger partial charge in [-0.3, -0.25) is 37.3 Å². The molecule has 19 heteroatoms. The number of hydrogen-bond donors (Lipinski definition) is 3. The summed E-state index contributed by atoms with van der Waals surface area (Å²) in [5, 5.41) is 10.7. The summed E-state index contributed by atoms with van der Waals surface area (Å²) >= 11 is 0. The standard InChI is InChI=1S/C86H168O17P2/c1-5-9-13-17-21-25-28-31-34-37-39-41-44-47-50-53-57-61-65-69-73-86(91)103-82(77-97-84(89)71-67-63-59-55-51-48-45-43-40-38-35-32-29-26-22-18-14-10-6-2)79-101-105(94,95)99-75-80(87)74-98-104(92,93)100-78-81(76-96-83(88)70-66-62-58-54-24-20-16-12-8-4)102-85(90)72-68-64-60-56-52-49-46-42-36-33-30-27-23-19-15-11-7-3/h80-82,87H,5-79H2,1-4H3,(H,92,93)(H,94,95)/t80-,81+,82+/m0/s1. The molecule has 0 aromatic carbocycles. The van der Waals surface area contributed by atoms with E-state index in [0.717, 1.165) is 89.9 Å². The Morgan fingerprint density at radius 1 is 0.229 bits per heavy atom. The zero-order valence-corrected chi connectivity index (χ0v) is 70.5. The molecule has 5 atom stereocenters. The molecule has 0 heterocycles. The highest BCUT2D eigenvalue weighted by Gasteiger charge is 2.30. The molecule has 0 saturated heterocycles. The molecule has 17 nitrogen and oxygen atoms in total. The average Bonchev–Trinajstić information content (AvgIpc) is 0.933. The third-order valence-corrected chi connectivity index (χ3v) is 22.3. The van der Waals surface area contributed by atoms with Gasteiger partial charge in [-0.25, -0.2) is 9.13 Å². The number of ether oxygens (including phenoxy) is 4. The van der Waals surface area contributed by atoms with Crippen LogP contribution in [0, 0.1) is 0 Å². The van der Waals surface area contributed by atoms with E-state index in [9.17, 15) is 43.2 Å². The van der Waals surface area contributed by atoms with Crippen molar-refractivity contribution in [2.75, 3.05) is 39.6 Å². The molecule has 0 aliphatic rings. The van der Waals surface area contributed by atoms with Gasteiger partial charge in [-0.15, -0.1) is 0 Å². The van der Waals surface area contributed by atoms with Crippen LogP contribution in [0.15, 0.2) is 0 Å². The van der Waals surface area contributed by atoms with E-state index in [1.54, 1.807) is 0 Å². The maximum atomic E-state index is 13.1. The normalized spacial score (nSPS) is 13.7. The minimum Gasteiger partial charge on any atom is -0.462 e. The van der Waals surface area contributed by atoms with E-state index >= 15 is 0 Å². The summed E-state index contributed by atoms with van der Waals surface area (Å²) in [6.07, 6.45) is 75.1. The van der Waals surface area contributed by atoms with Crippen LogP contribution in [0.25, 0.3) is 0 Å². The SMILES string of the molecule is CCCCCCCCCCCCCCCCCCCCCCC(=O)O[C@H](COC(=O)CCCCCCCCCCCCCCCCCCCCC)COP(=O)(O)OC[C@@H](O)COP(=O)(O)OC[C@@H](COC(=O)CCCCCCCCCCC)OC(=O)CCCCCCCCCCCCCCCCCCC. The Morgan fingerprint density at radius 3 is 0.562 bits per heavy atom. The predicted molar refractivity (Wildman–Crippen MR) is 432 cm³/mol. The third kappa shape index (κ3) is 79.9. The third-order valence-electron chi connectivity index (χ3n) is 20.4. The molecule has 0 aromatic rings. The van der Waals surface area contributed by atoms with Crippen LogP contribution in [-0.4, -0.2) is 96.7 Å². The Bertz CT molecular complexity index is 1980. The number of unbranched alkanes of at least 4 members (excludes halogenated alkanes) is 61. The molecule has 0 saturated carbocycles. The summed E-state index contributed by atoms with van der Waals surface area (Å²) in [5.74, 6) is -2.10. The summed E-state index contributed by atoms with van der Waals surface area (Å²) in [6.45, 7) is 5.04. The molecule has 0 aromatic heterocycles. The molecule has 0 amide bonds. The molecule has 0 spiro atoms. The predicted octanol–water partition coefficient (Wildman–Crippen LogP) is 26.5. The Hall–Kier alpha value is -1.94. The number of hydrogen-bond acceptors (Lipinski definition) is 15. The molecule has 624 valence electrons. The molecule has 105 heavy (non-hydrogen) atoms. The van der Waals surface area contributed by atoms with Gasteiger partial charge in [0.25, 0.3) is 0 Å². The van der Waals surface area contributed by atoms with Crippen molar-refractivity contribution in [3.05, 3.63) is 0 Å². The summed E-state index contributed by atoms with van der Waals surface area (Å²) in [6, 6.07) is 0. The topological polar surface area (TPSA) is 237 Å². The molecular formula is C86H168O17P2. The van der Waals surface area contributed by atoms with Crippen molar-refractivity contribution in [1.29, 1.82) is 0 Å². The van der Waals surface area contributed by atoms with Gasteiger partial charge in [0.1, 0.15) is 19.3 Å². The van der Waals surface area contributed by atoms with Crippen LogP contribution in [0.4, 0.5) is 0 Å². The van der Waals surface area contributed by atoms with Crippen LogP contribution in [0.3, 0.4) is 0 Å². The molecule has 3 N–H and O–H groups in total. The number of carbonyl (C=O) groups is 4. The lowest BCUT2D eigenvalue weighted by Crippen LogP contribution is -2.30. The van der Waals surface area contributed by atoms with Crippen LogP contribution in [-0.2, 0) is 65.4 Å². The molecular weight excluding hydrogens is 1370 g/mol. The molecule has 0 radical (unpaired) electrons. The number of rotatable bonds is 87. The van der Waals surface area contributed by atoms with E-state index in [1.807, 2.05) is 0 Å². The summed E-state index contributed by atoms with van der Waals surface area (Å²) < 4.78 is 68.9. The van der Waals surface area contributed by atoms with E-state index in [1.165, 1.54) is 302 Å². The van der Waals surface area contributed by atoms with Crippen LogP contribution in [0.5, 0.6) is 0 Å². The minimum atomic E-state index is -4.96. The number of phosphoric acid groups is 2. The lowest BCUT2D eigenvalue weighted by molar-refractivity contribution is -0.161. The fourth-order valence-electron chi connectivity index (χ4n) is 13.5. The smallest absolute Gasteiger partial charge is 0.462 e. The Balaban J connectivity index is 5.20. The monoisotopic (exact) mass is 1540 g/mol. The summed E-state index contributed by atoms with van der Waals surface area (Å²) in [7, 11) is -9.92. The Labute approximate surface area is 645 Å². The highest BCUT2D eigenvalue weighted by Crippen LogP contribution is 2.45. The first-order chi connectivity index (χ1) is 51.2. The van der Waals surface area contributed by atoms with Crippen molar-refractivity contribution in [2.45, 2.75) is 489 Å². The summed E-state index contributed by atoms with van der Waals surface area (Å²) in [4.78, 5) is 73.2. The van der Waals surface area contributed by atoms with Crippen LogP contribution < -0.4 is 0 Å². The quantitative estimate of drug-likeness (QED) is 0.0222. The lowest BCUT2D eigenvalue weighted by Gasteiger charge is -2.21. The zero-order valence-electron chi connectivity index (χ0n) is 68.7. The van der Waals surface area contributed by atoms with Crippen molar-refractivity contribution in [2.24, 2.45) is 0 Å². The second kappa shape index (κ2) is 80.1. The number of carbonyl (C=O) groups excluding carboxylic acids is 4. The maximum absolute atomic E-state index is 13.1. The van der Waals surface area contributed by atoms with E-state index in [-0.39, 0.29) is 25.7 Å². The van der Waals surface area contributed by atoms with Gasteiger partial charge in [-0.05, 0) is 25.7 Å². The van der Waals surface area contributed by atoms with Gasteiger partial charge >= 0.3 is 39.5 Å². The van der Waals surface area contributed by atoms with Crippen molar-refractivity contribution in [1.82, 2.24) is 0 Å². The van der Waals surface area contributed by atoms with Crippen molar-refractivity contribution in [3.63, 3.8) is 0 Å². The Morgan fingerprint density at radius 2 is 0.381 bits per heavy atom. The van der Waals surface area contributed by atoms with Crippen LogP contribution in [0.1, 0.15) is 471 Å². The van der Waals surface area contributed by atoms with E-state index < -0.39 is 97.5 Å². The fourth-order valence-corrected chi connectivity index (χ4v) is 15.1. The first-order valence-corrected chi connectivity index (χ1v) is 47.8. The van der Waals surface area contributed by atoms with Gasteiger partial charge in [0.15, 0.2) is 12.2 Å². The second-order valence-corrected chi connectivity index (χ2v) is 33.8. The number of esters is 4. The number of aliphatic hydroxyl groups is 1. The van der Waals surface area contributed by atoms with Gasteiger partial charge in [-0.2, -0.15) is 0 Å². The highest BCUT2D eigenvalue weighted by atomic mass is 31.2. The van der Waals surface area contributed by atoms with Gasteiger partial charge in [0, 0.05) is 25.7 Å². The van der Waals surface area contributed by atoms with E-state index in [0.29, 0.717) is 25.7 Å². The van der Waals surface area contributed by atoms with Gasteiger partial charge in [0.05, 0.1) is 26.4 Å². The van der Waals surface area contributed by atoms with Crippen LogP contribution >= 0.6 is 15.6 Å². The molecule has 0 rings (SSSR count). The highest BCUT2D eigenvalue weighted by molar-refractivity contribution is 7.47. The maximum Gasteiger partial charge on any atom is 0.472 e. The minimum absolute atomic E-state index is 0.109. The lowest BCUT2D eigenvalue weighted by atomic mass is 10.0. The second-order valence-electron chi connectivity index (χ2n) is 30.9. The molecule has 0 bridgehead atoms. The van der Waals surface area contributed by atoms with E-state index in [4.69, 9.17) is 37.0 Å². The average molecular weight is 1540 g/mol.